The molecule has 1 spiro atoms. The lowest BCUT2D eigenvalue weighted by Crippen LogP contribution is -2.34. The Labute approximate surface area is 116 Å². The summed E-state index contributed by atoms with van der Waals surface area (Å²) in [6.07, 6.45) is 3.71. The number of aromatic carboxylic acids is 1. The first-order valence-corrected chi connectivity index (χ1v) is 6.74. The summed E-state index contributed by atoms with van der Waals surface area (Å²) in [7, 11) is 0. The van der Waals surface area contributed by atoms with Crippen LogP contribution in [0.15, 0.2) is 24.3 Å². The van der Waals surface area contributed by atoms with E-state index in [1.165, 1.54) is 12.1 Å². The van der Waals surface area contributed by atoms with Crippen molar-refractivity contribution < 1.29 is 19.5 Å². The average molecular weight is 273 g/mol. The molecule has 20 heavy (non-hydrogen) atoms. The quantitative estimate of drug-likeness (QED) is 0.838. The predicted molar refractivity (Wildman–Crippen MR) is 71.4 cm³/mol. The Kier molecular flexibility index (Phi) is 2.85. The molecular weight excluding hydrogens is 258 g/mol. The van der Waals surface area contributed by atoms with E-state index >= 15 is 0 Å². The zero-order chi connectivity index (χ0) is 14.3. The van der Waals surface area contributed by atoms with Crippen molar-refractivity contribution in [1.82, 2.24) is 0 Å². The van der Waals surface area contributed by atoms with E-state index < -0.39 is 11.4 Å². The lowest BCUT2D eigenvalue weighted by atomic mass is 9.84. The highest BCUT2D eigenvalue weighted by Gasteiger charge is 2.53. The Morgan fingerprint density at radius 2 is 1.90 bits per heavy atom. The SMILES string of the molecule is O=C(O)c1cccc(N2C(=O)CC3(CCCC3)C2=O)c1. The molecule has 2 amide bonds. The van der Waals surface area contributed by atoms with Gasteiger partial charge in [0.25, 0.3) is 0 Å². The van der Waals surface area contributed by atoms with E-state index in [1.54, 1.807) is 12.1 Å². The van der Waals surface area contributed by atoms with Gasteiger partial charge in [0.05, 0.1) is 16.7 Å². The zero-order valence-electron chi connectivity index (χ0n) is 11.0. The second-order valence-corrected chi connectivity index (χ2v) is 5.55. The summed E-state index contributed by atoms with van der Waals surface area (Å²) in [6.45, 7) is 0. The molecule has 1 aliphatic carbocycles. The summed E-state index contributed by atoms with van der Waals surface area (Å²) in [5, 5.41) is 9.00. The van der Waals surface area contributed by atoms with Crippen molar-refractivity contribution in [1.29, 1.82) is 0 Å². The fraction of sp³-hybridized carbons (Fsp3) is 0.400. The van der Waals surface area contributed by atoms with Gasteiger partial charge in [0.1, 0.15) is 0 Å². The van der Waals surface area contributed by atoms with Crippen LogP contribution in [-0.4, -0.2) is 22.9 Å². The van der Waals surface area contributed by atoms with Crippen LogP contribution in [0, 0.1) is 5.41 Å². The zero-order valence-corrected chi connectivity index (χ0v) is 11.0. The lowest BCUT2D eigenvalue weighted by molar-refractivity contribution is -0.125. The maximum atomic E-state index is 12.6. The molecule has 5 nitrogen and oxygen atoms in total. The highest BCUT2D eigenvalue weighted by atomic mass is 16.4. The molecule has 1 aliphatic heterocycles. The van der Waals surface area contributed by atoms with Crippen molar-refractivity contribution in [3.05, 3.63) is 29.8 Å². The number of hydrogen-bond acceptors (Lipinski definition) is 3. The van der Waals surface area contributed by atoms with E-state index in [9.17, 15) is 14.4 Å². The topological polar surface area (TPSA) is 74.7 Å². The molecule has 1 aromatic rings. The van der Waals surface area contributed by atoms with Gasteiger partial charge in [-0.2, -0.15) is 0 Å². The van der Waals surface area contributed by atoms with Crippen molar-refractivity contribution in [2.24, 2.45) is 5.41 Å². The molecule has 1 heterocycles. The molecule has 104 valence electrons. The number of benzene rings is 1. The number of anilines is 1. The monoisotopic (exact) mass is 273 g/mol. The van der Waals surface area contributed by atoms with Crippen LogP contribution in [-0.2, 0) is 9.59 Å². The van der Waals surface area contributed by atoms with Gasteiger partial charge in [-0.25, -0.2) is 4.79 Å². The first-order chi connectivity index (χ1) is 9.53. The first kappa shape index (κ1) is 12.8. The van der Waals surface area contributed by atoms with Crippen LogP contribution in [0.5, 0.6) is 0 Å². The summed E-state index contributed by atoms with van der Waals surface area (Å²) >= 11 is 0. The Bertz CT molecular complexity index is 602. The maximum Gasteiger partial charge on any atom is 0.335 e. The van der Waals surface area contributed by atoms with Crippen LogP contribution >= 0.6 is 0 Å². The number of carbonyl (C=O) groups excluding carboxylic acids is 2. The normalized spacial score (nSPS) is 20.9. The molecule has 0 unspecified atom stereocenters. The van der Waals surface area contributed by atoms with Crippen LogP contribution in [0.3, 0.4) is 0 Å². The third kappa shape index (κ3) is 1.81. The van der Waals surface area contributed by atoms with Crippen molar-refractivity contribution >= 4 is 23.5 Å². The van der Waals surface area contributed by atoms with E-state index in [2.05, 4.69) is 0 Å². The fourth-order valence-electron chi connectivity index (χ4n) is 3.28. The molecule has 0 radical (unpaired) electrons. The minimum Gasteiger partial charge on any atom is -0.478 e. The van der Waals surface area contributed by atoms with Gasteiger partial charge in [0.15, 0.2) is 0 Å². The average Bonchev–Trinajstić information content (AvgIpc) is 2.97. The van der Waals surface area contributed by atoms with E-state index in [0.29, 0.717) is 5.69 Å². The minimum absolute atomic E-state index is 0.0791. The Hall–Kier alpha value is -2.17. The third-order valence-electron chi connectivity index (χ3n) is 4.31. The van der Waals surface area contributed by atoms with E-state index in [4.69, 9.17) is 5.11 Å². The second kappa shape index (κ2) is 4.44. The Morgan fingerprint density at radius 1 is 1.20 bits per heavy atom. The van der Waals surface area contributed by atoms with E-state index in [-0.39, 0.29) is 23.8 Å². The number of amides is 2. The van der Waals surface area contributed by atoms with Crippen LogP contribution in [0.25, 0.3) is 0 Å². The summed E-state index contributed by atoms with van der Waals surface area (Å²) in [4.78, 5) is 36.9. The molecule has 0 bridgehead atoms. The number of rotatable bonds is 2. The minimum atomic E-state index is -1.07. The summed E-state index contributed by atoms with van der Waals surface area (Å²) < 4.78 is 0. The standard InChI is InChI=1S/C15H15NO4/c17-12-9-15(6-1-2-7-15)14(20)16(12)11-5-3-4-10(8-11)13(18)19/h3-5,8H,1-2,6-7,9H2,(H,18,19). The van der Waals surface area contributed by atoms with E-state index in [1.807, 2.05) is 0 Å². The van der Waals surface area contributed by atoms with Gasteiger partial charge in [0, 0.05) is 6.42 Å². The van der Waals surface area contributed by atoms with Gasteiger partial charge in [0.2, 0.25) is 11.8 Å². The lowest BCUT2D eigenvalue weighted by Gasteiger charge is -2.21. The molecule has 1 saturated heterocycles. The van der Waals surface area contributed by atoms with Gasteiger partial charge in [-0.3, -0.25) is 14.5 Å². The highest BCUT2D eigenvalue weighted by Crippen LogP contribution is 2.47. The van der Waals surface area contributed by atoms with Crippen LogP contribution < -0.4 is 4.90 Å². The van der Waals surface area contributed by atoms with Crippen molar-refractivity contribution in [3.8, 4) is 0 Å². The molecule has 0 atom stereocenters. The summed E-state index contributed by atoms with van der Waals surface area (Å²) in [5.41, 5.74) is -0.0878. The predicted octanol–water partition coefficient (Wildman–Crippen LogP) is 2.21. The Morgan fingerprint density at radius 3 is 2.55 bits per heavy atom. The summed E-state index contributed by atoms with van der Waals surface area (Å²) in [5.74, 6) is -1.46. The molecule has 5 heteroatoms. The van der Waals surface area contributed by atoms with Gasteiger partial charge < -0.3 is 5.11 Å². The second-order valence-electron chi connectivity index (χ2n) is 5.55. The van der Waals surface area contributed by atoms with Gasteiger partial charge >= 0.3 is 5.97 Å². The molecule has 2 fully saturated rings. The number of nitrogens with zero attached hydrogens (tertiary/aromatic N) is 1. The van der Waals surface area contributed by atoms with Crippen molar-refractivity contribution in [2.45, 2.75) is 32.1 Å². The number of carboxylic acid groups (broad SMARTS) is 1. The molecule has 2 aliphatic rings. The number of imide groups is 1. The third-order valence-corrected chi connectivity index (χ3v) is 4.31. The Balaban J connectivity index is 1.98. The van der Waals surface area contributed by atoms with Crippen molar-refractivity contribution in [3.63, 3.8) is 0 Å². The van der Waals surface area contributed by atoms with Crippen LogP contribution in [0.1, 0.15) is 42.5 Å². The fourth-order valence-corrected chi connectivity index (χ4v) is 3.28. The first-order valence-electron chi connectivity index (χ1n) is 6.74. The summed E-state index contributed by atoms with van der Waals surface area (Å²) in [6, 6.07) is 5.99. The van der Waals surface area contributed by atoms with Gasteiger partial charge in [-0.15, -0.1) is 0 Å². The number of carbonyl (C=O) groups is 3. The highest BCUT2D eigenvalue weighted by molar-refractivity contribution is 6.22. The van der Waals surface area contributed by atoms with Crippen LogP contribution in [0.4, 0.5) is 5.69 Å². The van der Waals surface area contributed by atoms with Gasteiger partial charge in [-0.1, -0.05) is 18.9 Å². The number of carboxylic acids is 1. The molecule has 1 aromatic carbocycles. The molecule has 3 rings (SSSR count). The molecular formula is C15H15NO4. The largest absolute Gasteiger partial charge is 0.478 e. The molecule has 1 saturated carbocycles. The van der Waals surface area contributed by atoms with E-state index in [0.717, 1.165) is 30.6 Å². The molecule has 1 N–H and O–H groups in total. The van der Waals surface area contributed by atoms with Crippen LogP contribution in [0.2, 0.25) is 0 Å². The smallest absolute Gasteiger partial charge is 0.335 e. The number of hydrogen-bond donors (Lipinski definition) is 1. The maximum absolute atomic E-state index is 12.6. The van der Waals surface area contributed by atoms with Gasteiger partial charge in [-0.05, 0) is 31.0 Å². The molecule has 0 aromatic heterocycles. The van der Waals surface area contributed by atoms with Crippen molar-refractivity contribution in [2.75, 3.05) is 4.90 Å².